The van der Waals surface area contributed by atoms with Gasteiger partial charge in [0.2, 0.25) is 0 Å². The Hall–Kier alpha value is -2.43. The van der Waals surface area contributed by atoms with Crippen LogP contribution in [0.1, 0.15) is 53.7 Å². The summed E-state index contributed by atoms with van der Waals surface area (Å²) in [4.78, 5) is 20.7. The van der Waals surface area contributed by atoms with Gasteiger partial charge in [-0.15, -0.1) is 0 Å². The first kappa shape index (κ1) is 16.4. The van der Waals surface area contributed by atoms with E-state index in [1.165, 1.54) is 36.6 Å². The van der Waals surface area contributed by atoms with E-state index in [0.717, 1.165) is 12.8 Å². The maximum absolute atomic E-state index is 12.2. The van der Waals surface area contributed by atoms with Gasteiger partial charge in [-0.25, -0.2) is 9.97 Å². The normalized spacial score (nSPS) is 15.0. The summed E-state index contributed by atoms with van der Waals surface area (Å²) in [5.74, 6) is 0.547. The summed E-state index contributed by atoms with van der Waals surface area (Å²) < 4.78 is 0. The second-order valence-corrected chi connectivity index (χ2v) is 6.44. The molecule has 2 N–H and O–H groups in total. The van der Waals surface area contributed by atoms with Gasteiger partial charge in [0.1, 0.15) is 11.5 Å². The molecule has 2 aromatic rings. The maximum atomic E-state index is 12.2. The van der Waals surface area contributed by atoms with Gasteiger partial charge in [0.25, 0.3) is 5.91 Å². The third-order valence-electron chi connectivity index (χ3n) is 4.38. The molecule has 5 nitrogen and oxygen atoms in total. The highest BCUT2D eigenvalue weighted by atomic mass is 16.1. The number of aromatic nitrogens is 2. The summed E-state index contributed by atoms with van der Waals surface area (Å²) in [5, 5.41) is 6.29. The number of nitrogens with one attached hydrogen (secondary N) is 2. The van der Waals surface area contributed by atoms with E-state index >= 15 is 0 Å². The number of rotatable bonds is 5. The lowest BCUT2D eigenvalue weighted by molar-refractivity contribution is 0.0922. The summed E-state index contributed by atoms with van der Waals surface area (Å²) in [6.07, 6.45) is 8.94. The van der Waals surface area contributed by atoms with Crippen LogP contribution in [0.3, 0.4) is 0 Å². The topological polar surface area (TPSA) is 66.9 Å². The van der Waals surface area contributed by atoms with Crippen LogP contribution in [0.25, 0.3) is 0 Å². The highest BCUT2D eigenvalue weighted by molar-refractivity contribution is 5.92. The smallest absolute Gasteiger partial charge is 0.271 e. The van der Waals surface area contributed by atoms with Crippen molar-refractivity contribution < 1.29 is 4.79 Å². The quantitative estimate of drug-likeness (QED) is 0.884. The predicted octanol–water partition coefficient (Wildman–Crippen LogP) is 3.46. The average molecular weight is 324 g/mol. The van der Waals surface area contributed by atoms with Crippen molar-refractivity contribution in [3.8, 4) is 0 Å². The number of carbonyl (C=O) groups is 1. The van der Waals surface area contributed by atoms with Crippen molar-refractivity contribution >= 4 is 11.7 Å². The fraction of sp³-hybridized carbons (Fsp3) is 0.421. The molecule has 1 aromatic carbocycles. The third-order valence-corrected chi connectivity index (χ3v) is 4.38. The number of carbonyl (C=O) groups excluding carboxylic acids is 1. The van der Waals surface area contributed by atoms with Crippen LogP contribution < -0.4 is 10.6 Å². The van der Waals surface area contributed by atoms with E-state index in [1.54, 1.807) is 6.20 Å². The lowest BCUT2D eigenvalue weighted by Crippen LogP contribution is -2.36. The summed E-state index contributed by atoms with van der Waals surface area (Å²) in [6.45, 7) is 2.76. The van der Waals surface area contributed by atoms with Gasteiger partial charge >= 0.3 is 0 Å². The van der Waals surface area contributed by atoms with Crippen molar-refractivity contribution in [2.75, 3.05) is 5.32 Å². The van der Waals surface area contributed by atoms with Gasteiger partial charge < -0.3 is 10.6 Å². The zero-order valence-electron chi connectivity index (χ0n) is 14.1. The molecule has 24 heavy (non-hydrogen) atoms. The van der Waals surface area contributed by atoms with E-state index in [1.807, 2.05) is 6.07 Å². The first-order valence-electron chi connectivity index (χ1n) is 8.63. The number of hydrogen-bond donors (Lipinski definition) is 2. The van der Waals surface area contributed by atoms with Crippen LogP contribution in [0.5, 0.6) is 0 Å². The lowest BCUT2D eigenvalue weighted by atomic mass is 9.95. The number of aryl methyl sites for hydroxylation is 1. The molecule has 0 atom stereocenters. The first-order valence-corrected chi connectivity index (χ1v) is 8.63. The standard InChI is InChI=1S/C19H24N4O/c1-14-6-5-7-15(10-14)11-21-18-13-20-17(12-22-18)19(24)23-16-8-3-2-4-9-16/h5-7,10,12-13,16H,2-4,8-9,11H2,1H3,(H,21,22)(H,23,24). The van der Waals surface area contributed by atoms with E-state index in [9.17, 15) is 4.79 Å². The summed E-state index contributed by atoms with van der Waals surface area (Å²) >= 11 is 0. The Bertz CT molecular complexity index is 678. The molecule has 1 saturated carbocycles. The minimum Gasteiger partial charge on any atom is -0.365 e. The lowest BCUT2D eigenvalue weighted by Gasteiger charge is -2.22. The summed E-state index contributed by atoms with van der Waals surface area (Å²) in [7, 11) is 0. The van der Waals surface area contributed by atoms with Crippen LogP contribution in [0.4, 0.5) is 5.82 Å². The average Bonchev–Trinajstić information content (AvgIpc) is 2.61. The van der Waals surface area contributed by atoms with Crippen LogP contribution in [-0.2, 0) is 6.54 Å². The molecule has 0 bridgehead atoms. The molecule has 1 amide bonds. The molecule has 0 saturated heterocycles. The van der Waals surface area contributed by atoms with Gasteiger partial charge in [0, 0.05) is 12.6 Å². The highest BCUT2D eigenvalue weighted by Gasteiger charge is 2.17. The SMILES string of the molecule is Cc1cccc(CNc2cnc(C(=O)NC3CCCCC3)cn2)c1. The van der Waals surface area contributed by atoms with E-state index in [-0.39, 0.29) is 11.9 Å². The largest absolute Gasteiger partial charge is 0.365 e. The Labute approximate surface area is 142 Å². The third kappa shape index (κ3) is 4.54. The van der Waals surface area contributed by atoms with Crippen molar-refractivity contribution in [2.45, 2.75) is 51.6 Å². The van der Waals surface area contributed by atoms with Crippen molar-refractivity contribution in [3.63, 3.8) is 0 Å². The van der Waals surface area contributed by atoms with Crippen molar-refractivity contribution in [1.82, 2.24) is 15.3 Å². The zero-order valence-corrected chi connectivity index (χ0v) is 14.1. The number of nitrogens with zero attached hydrogens (tertiary/aromatic N) is 2. The Morgan fingerprint density at radius 2 is 2.00 bits per heavy atom. The number of amides is 1. The molecule has 3 rings (SSSR count). The molecule has 0 aliphatic heterocycles. The van der Waals surface area contributed by atoms with Gasteiger partial charge in [-0.3, -0.25) is 4.79 Å². The fourth-order valence-corrected chi connectivity index (χ4v) is 3.06. The van der Waals surface area contributed by atoms with Crippen molar-refractivity contribution in [2.24, 2.45) is 0 Å². The molecular formula is C19H24N4O. The molecule has 1 heterocycles. The Morgan fingerprint density at radius 3 is 2.71 bits per heavy atom. The molecule has 1 aliphatic rings. The second-order valence-electron chi connectivity index (χ2n) is 6.44. The molecule has 5 heteroatoms. The van der Waals surface area contributed by atoms with Crippen LogP contribution in [0.15, 0.2) is 36.7 Å². The number of hydrogen-bond acceptors (Lipinski definition) is 4. The molecule has 0 radical (unpaired) electrons. The summed E-state index contributed by atoms with van der Waals surface area (Å²) in [6, 6.07) is 8.60. The van der Waals surface area contributed by atoms with Gasteiger partial charge in [-0.1, -0.05) is 49.1 Å². The van der Waals surface area contributed by atoms with E-state index < -0.39 is 0 Å². The molecule has 1 fully saturated rings. The Morgan fingerprint density at radius 1 is 1.17 bits per heavy atom. The van der Waals surface area contributed by atoms with Crippen LogP contribution in [0.2, 0.25) is 0 Å². The Balaban J connectivity index is 1.53. The van der Waals surface area contributed by atoms with E-state index in [4.69, 9.17) is 0 Å². The summed E-state index contributed by atoms with van der Waals surface area (Å²) in [5.41, 5.74) is 2.80. The second kappa shape index (κ2) is 7.90. The first-order chi connectivity index (χ1) is 11.7. The maximum Gasteiger partial charge on any atom is 0.271 e. The van der Waals surface area contributed by atoms with Crippen LogP contribution in [-0.4, -0.2) is 21.9 Å². The molecular weight excluding hydrogens is 300 g/mol. The van der Waals surface area contributed by atoms with E-state index in [0.29, 0.717) is 18.1 Å². The molecule has 126 valence electrons. The molecule has 1 aromatic heterocycles. The number of benzene rings is 1. The van der Waals surface area contributed by atoms with Crippen LogP contribution >= 0.6 is 0 Å². The molecule has 1 aliphatic carbocycles. The monoisotopic (exact) mass is 324 g/mol. The van der Waals surface area contributed by atoms with Gasteiger partial charge in [0.05, 0.1) is 12.4 Å². The minimum absolute atomic E-state index is 0.125. The molecule has 0 unspecified atom stereocenters. The fourth-order valence-electron chi connectivity index (χ4n) is 3.06. The highest BCUT2D eigenvalue weighted by Crippen LogP contribution is 2.17. The number of anilines is 1. The minimum atomic E-state index is -0.125. The van der Waals surface area contributed by atoms with Crippen LogP contribution in [0, 0.1) is 6.92 Å². The molecule has 0 spiro atoms. The predicted molar refractivity (Wildman–Crippen MR) is 94.9 cm³/mol. The van der Waals surface area contributed by atoms with Gasteiger partial charge in [0.15, 0.2) is 0 Å². The van der Waals surface area contributed by atoms with Gasteiger partial charge in [-0.2, -0.15) is 0 Å². The van der Waals surface area contributed by atoms with Crippen molar-refractivity contribution in [1.29, 1.82) is 0 Å². The van der Waals surface area contributed by atoms with Crippen molar-refractivity contribution in [3.05, 3.63) is 53.5 Å². The van der Waals surface area contributed by atoms with Gasteiger partial charge in [-0.05, 0) is 25.3 Å². The Kier molecular flexibility index (Phi) is 5.41. The van der Waals surface area contributed by atoms with E-state index in [2.05, 4.69) is 45.7 Å². The zero-order chi connectivity index (χ0) is 16.8.